The number of hydroxylamine groups is 2. The van der Waals surface area contributed by atoms with Crippen LogP contribution in [-0.4, -0.2) is 77.8 Å². The molecule has 1 N–H and O–H groups in total. The smallest absolute Gasteiger partial charge is 0.222 e. The molecule has 64 heavy (non-hydrogen) atoms. The zero-order valence-corrected chi connectivity index (χ0v) is 44.1. The third-order valence-corrected chi connectivity index (χ3v) is 13.7. The highest BCUT2D eigenvalue weighted by Gasteiger charge is 2.15. The maximum absolute atomic E-state index is 13.3. The fourth-order valence-electron chi connectivity index (χ4n) is 9.30. The largest absolute Gasteiger partial charge is 0.369 e. The number of carbonyl (C=O) groups excluding carboxylic acids is 2. The molecule has 0 fully saturated rings. The molecule has 0 saturated carbocycles. The minimum atomic E-state index is -0.271. The number of hydrogen-bond donors (Lipinski definition) is 1. The summed E-state index contributed by atoms with van der Waals surface area (Å²) in [5.41, 5.74) is 0. The van der Waals surface area contributed by atoms with Crippen LogP contribution in [0.4, 0.5) is 0 Å². The van der Waals surface area contributed by atoms with E-state index in [1.165, 1.54) is 180 Å². The van der Waals surface area contributed by atoms with Crippen LogP contribution in [0.3, 0.4) is 0 Å². The molecule has 7 nitrogen and oxygen atoms in total. The molecule has 0 aliphatic rings. The van der Waals surface area contributed by atoms with E-state index in [-0.39, 0.29) is 6.79 Å². The van der Waals surface area contributed by atoms with Crippen LogP contribution in [0.25, 0.3) is 0 Å². The van der Waals surface area contributed by atoms with Gasteiger partial charge in [0.05, 0.1) is 0 Å². The minimum Gasteiger partial charge on any atom is -0.369 e. The van der Waals surface area contributed by atoms with Gasteiger partial charge in [-0.3, -0.25) is 14.4 Å². The molecule has 2 amide bonds. The van der Waals surface area contributed by atoms with Crippen LogP contribution in [0.2, 0.25) is 0 Å². The summed E-state index contributed by atoms with van der Waals surface area (Å²) < 4.78 is 0. The van der Waals surface area contributed by atoms with Gasteiger partial charge in [-0.05, 0) is 51.4 Å². The van der Waals surface area contributed by atoms with E-state index in [9.17, 15) is 14.7 Å². The van der Waals surface area contributed by atoms with Crippen molar-refractivity contribution in [2.24, 2.45) is 0 Å². The Morgan fingerprint density at radius 2 is 0.500 bits per heavy atom. The molecule has 0 aromatic rings. The number of carbonyl (C=O) groups is 2. The normalized spacial score (nSPS) is 11.6. The van der Waals surface area contributed by atoms with Crippen molar-refractivity contribution in [3.8, 4) is 0 Å². The molecule has 0 unspecified atom stereocenters. The molecule has 0 rings (SSSR count). The molecule has 0 spiro atoms. The molecule has 0 atom stereocenters. The van der Waals surface area contributed by atoms with Gasteiger partial charge < -0.3 is 14.9 Å². The Balaban J connectivity index is 4.40. The second-order valence-electron chi connectivity index (χ2n) is 19.9. The molecule has 0 bridgehead atoms. The second-order valence-corrected chi connectivity index (χ2v) is 19.9. The maximum atomic E-state index is 13.3. The predicted molar refractivity (Wildman–Crippen MR) is 279 cm³/mol. The number of aliphatic hydroxyl groups is 1. The number of hydrogen-bond acceptors (Lipinski definition) is 5. The fraction of sp³-hybridized carbons (Fsp3) is 0.965. The van der Waals surface area contributed by atoms with Crippen LogP contribution in [0.1, 0.15) is 310 Å². The summed E-state index contributed by atoms with van der Waals surface area (Å²) in [7, 11) is 0. The first-order valence-corrected chi connectivity index (χ1v) is 29.1. The van der Waals surface area contributed by atoms with Gasteiger partial charge in [0.15, 0.2) is 6.79 Å². The Morgan fingerprint density at radius 3 is 0.734 bits per heavy atom. The molecule has 0 aromatic carbocycles. The summed E-state index contributed by atoms with van der Waals surface area (Å²) in [6, 6.07) is 0. The number of unbranched alkanes of at least 4 members (excludes halogenated alkanes) is 36. The summed E-state index contributed by atoms with van der Waals surface area (Å²) in [5, 5.41) is 11.5. The standard InChI is InChI=1S/C57H115N3O4/c1-5-9-13-17-21-25-33-41-49-58(50-42-34-26-22-18-14-10-6-2)56(62)47-39-31-29-37-45-53-60(64-55-61)54-46-38-30-32-40-48-57(63)59(51-43-35-27-23-19-15-11-7-3)52-44-36-28-24-20-16-12-8-4/h61H,5-55H2,1-4H3. The zero-order valence-electron chi connectivity index (χ0n) is 44.1. The Bertz CT molecular complexity index is 824. The van der Waals surface area contributed by atoms with E-state index in [0.717, 1.165) is 129 Å². The van der Waals surface area contributed by atoms with Crippen LogP contribution in [-0.2, 0) is 14.4 Å². The highest BCUT2D eigenvalue weighted by Crippen LogP contribution is 2.17. The Hall–Kier alpha value is -1.18. The molecule has 0 radical (unpaired) electrons. The van der Waals surface area contributed by atoms with Crippen molar-refractivity contribution >= 4 is 11.8 Å². The quantitative estimate of drug-likeness (QED) is 0.0374. The van der Waals surface area contributed by atoms with Gasteiger partial charge in [0.25, 0.3) is 0 Å². The van der Waals surface area contributed by atoms with Crippen molar-refractivity contribution in [1.82, 2.24) is 14.9 Å². The van der Waals surface area contributed by atoms with Crippen LogP contribution in [0, 0.1) is 0 Å². The monoisotopic (exact) mass is 906 g/mol. The van der Waals surface area contributed by atoms with Crippen molar-refractivity contribution < 1.29 is 19.5 Å². The molecular weight excluding hydrogens is 791 g/mol. The SMILES string of the molecule is CCCCCCCCCCN(CCCCCCCCCC)C(=O)CCCCCCCN(CCCCCCCC(=O)N(CCCCCCCCCC)CCCCCCCCCC)OCO. The van der Waals surface area contributed by atoms with E-state index < -0.39 is 0 Å². The highest BCUT2D eigenvalue weighted by molar-refractivity contribution is 5.76. The second kappa shape index (κ2) is 52.8. The predicted octanol–water partition coefficient (Wildman–Crippen LogP) is 17.1. The molecule has 0 aliphatic carbocycles. The number of amides is 2. The van der Waals surface area contributed by atoms with E-state index in [4.69, 9.17) is 4.84 Å². The number of rotatable bonds is 54. The van der Waals surface area contributed by atoms with E-state index >= 15 is 0 Å². The van der Waals surface area contributed by atoms with Crippen molar-refractivity contribution in [2.75, 3.05) is 46.1 Å². The van der Waals surface area contributed by atoms with Crippen LogP contribution in [0.5, 0.6) is 0 Å². The first-order chi connectivity index (χ1) is 31.5. The van der Waals surface area contributed by atoms with Crippen molar-refractivity contribution in [2.45, 2.75) is 310 Å². The van der Waals surface area contributed by atoms with Crippen molar-refractivity contribution in [3.05, 3.63) is 0 Å². The maximum Gasteiger partial charge on any atom is 0.222 e. The fourth-order valence-corrected chi connectivity index (χ4v) is 9.30. The van der Waals surface area contributed by atoms with Gasteiger partial charge in [-0.1, -0.05) is 246 Å². The zero-order chi connectivity index (χ0) is 46.7. The lowest BCUT2D eigenvalue weighted by molar-refractivity contribution is -0.210. The molecule has 0 aromatic heterocycles. The first kappa shape index (κ1) is 62.8. The van der Waals surface area contributed by atoms with Crippen molar-refractivity contribution in [1.29, 1.82) is 0 Å². The number of aliphatic hydroxyl groups excluding tert-OH is 1. The lowest BCUT2D eigenvalue weighted by atomic mass is 10.1. The van der Waals surface area contributed by atoms with Gasteiger partial charge in [0.2, 0.25) is 11.8 Å². The third-order valence-electron chi connectivity index (χ3n) is 13.7. The van der Waals surface area contributed by atoms with E-state index in [2.05, 4.69) is 37.5 Å². The Labute approximate surface area is 401 Å². The van der Waals surface area contributed by atoms with E-state index in [1.807, 2.05) is 5.06 Å². The van der Waals surface area contributed by atoms with Gasteiger partial charge >= 0.3 is 0 Å². The lowest BCUT2D eigenvalue weighted by Crippen LogP contribution is -2.32. The van der Waals surface area contributed by atoms with Crippen LogP contribution in [0.15, 0.2) is 0 Å². The molecule has 0 heterocycles. The van der Waals surface area contributed by atoms with Crippen molar-refractivity contribution in [3.63, 3.8) is 0 Å². The van der Waals surface area contributed by atoms with Gasteiger partial charge in [0, 0.05) is 52.1 Å². The summed E-state index contributed by atoms with van der Waals surface area (Å²) in [4.78, 5) is 36.7. The average Bonchev–Trinajstić information content (AvgIpc) is 3.30. The average molecular weight is 907 g/mol. The Kier molecular flexibility index (Phi) is 51.8. The highest BCUT2D eigenvalue weighted by atomic mass is 16.7. The molecule has 382 valence electrons. The summed E-state index contributed by atoms with van der Waals surface area (Å²) in [6.45, 7) is 14.3. The molecular formula is C57H115N3O4. The molecule has 7 heteroatoms. The topological polar surface area (TPSA) is 73.3 Å². The summed E-state index contributed by atoms with van der Waals surface area (Å²) in [6.07, 6.45) is 54.1. The third kappa shape index (κ3) is 44.6. The lowest BCUT2D eigenvalue weighted by Gasteiger charge is -2.23. The minimum absolute atomic E-state index is 0.271. The summed E-state index contributed by atoms with van der Waals surface area (Å²) in [5.74, 6) is 0.760. The van der Waals surface area contributed by atoms with Crippen LogP contribution < -0.4 is 0 Å². The van der Waals surface area contributed by atoms with E-state index in [1.54, 1.807) is 0 Å². The van der Waals surface area contributed by atoms with Gasteiger partial charge in [-0.15, -0.1) is 0 Å². The van der Waals surface area contributed by atoms with Gasteiger partial charge in [0.1, 0.15) is 0 Å². The summed E-state index contributed by atoms with van der Waals surface area (Å²) >= 11 is 0. The Morgan fingerprint density at radius 1 is 0.297 bits per heavy atom. The van der Waals surface area contributed by atoms with Gasteiger partial charge in [-0.2, -0.15) is 5.06 Å². The number of nitrogens with zero attached hydrogens (tertiary/aromatic N) is 3. The van der Waals surface area contributed by atoms with Gasteiger partial charge in [-0.25, -0.2) is 0 Å². The van der Waals surface area contributed by atoms with E-state index in [0.29, 0.717) is 24.7 Å². The molecule has 0 aliphatic heterocycles. The van der Waals surface area contributed by atoms with Crippen LogP contribution >= 0.6 is 0 Å². The first-order valence-electron chi connectivity index (χ1n) is 29.1. The molecule has 0 saturated heterocycles.